The molecule has 0 aliphatic carbocycles. The second kappa shape index (κ2) is 14.3. The highest BCUT2D eigenvalue weighted by atomic mass is 15.1. The minimum atomic E-state index is 0.808. The second-order valence-corrected chi connectivity index (χ2v) is 17.3. The molecule has 0 amide bonds. The third-order valence-corrected chi connectivity index (χ3v) is 13.7. The second-order valence-electron chi connectivity index (χ2n) is 17.3. The quantitative estimate of drug-likeness (QED) is 0.173. The van der Waals surface area contributed by atoms with Gasteiger partial charge in [-0.15, -0.1) is 0 Å². The Labute approximate surface area is 379 Å². The summed E-state index contributed by atoms with van der Waals surface area (Å²) in [5.41, 5.74) is 14.1. The first kappa shape index (κ1) is 36.6. The highest BCUT2D eigenvalue weighted by molar-refractivity contribution is 6.23. The summed E-state index contributed by atoms with van der Waals surface area (Å²) in [6.45, 7) is 0. The van der Waals surface area contributed by atoms with Crippen LogP contribution in [0.2, 0.25) is 0 Å². The highest BCUT2D eigenvalue weighted by Crippen LogP contribution is 2.45. The number of benzene rings is 11. The number of fused-ring (bicyclic) bond motifs is 11. The van der Waals surface area contributed by atoms with Gasteiger partial charge >= 0.3 is 0 Å². The zero-order valence-corrected chi connectivity index (χ0v) is 35.7. The molecule has 4 heteroatoms. The van der Waals surface area contributed by atoms with E-state index >= 15 is 0 Å². The minimum absolute atomic E-state index is 0.808. The molecule has 0 aliphatic rings. The summed E-state index contributed by atoms with van der Waals surface area (Å²) < 4.78 is 4.82. The molecule has 0 fully saturated rings. The summed E-state index contributed by atoms with van der Waals surface area (Å²) in [6, 6.07) is 83.4. The lowest BCUT2D eigenvalue weighted by Crippen LogP contribution is -2.03. The van der Waals surface area contributed by atoms with E-state index in [0.717, 1.165) is 50.4 Å². The van der Waals surface area contributed by atoms with Crippen LogP contribution in [0.15, 0.2) is 231 Å². The van der Waals surface area contributed by atoms with Gasteiger partial charge < -0.3 is 4.57 Å². The summed E-state index contributed by atoms with van der Waals surface area (Å²) in [4.78, 5) is 10.9. The minimum Gasteiger partial charge on any atom is -0.309 e. The Morgan fingerprint density at radius 2 is 0.909 bits per heavy atom. The number of nitrogens with zero attached hydrogens (tertiary/aromatic N) is 4. The summed E-state index contributed by atoms with van der Waals surface area (Å²) >= 11 is 0. The molecule has 66 heavy (non-hydrogen) atoms. The predicted molar refractivity (Wildman–Crippen MR) is 277 cm³/mol. The van der Waals surface area contributed by atoms with Gasteiger partial charge in [-0.3, -0.25) is 4.57 Å². The van der Waals surface area contributed by atoms with E-state index < -0.39 is 0 Å². The normalized spacial score (nSPS) is 11.9. The van der Waals surface area contributed by atoms with Crippen molar-refractivity contribution in [3.63, 3.8) is 0 Å². The van der Waals surface area contributed by atoms with E-state index in [2.05, 4.69) is 228 Å². The SMILES string of the molecule is c1ccc(-c2ccc(-n3c4ccccc4c4c(-c5ccc6c(c5)c5c7ccccc7ccc5n6-c5nc6ccccc6nc5-c5ccc6ccccc6c5)cccc43)c3ccccc23)cc1. The fourth-order valence-corrected chi connectivity index (χ4v) is 10.7. The van der Waals surface area contributed by atoms with Crippen molar-refractivity contribution in [3.05, 3.63) is 231 Å². The van der Waals surface area contributed by atoms with E-state index in [-0.39, 0.29) is 0 Å². The molecule has 14 rings (SSSR count). The first-order valence-corrected chi connectivity index (χ1v) is 22.6. The van der Waals surface area contributed by atoms with Gasteiger partial charge in [0, 0.05) is 32.5 Å². The Kier molecular flexibility index (Phi) is 7.95. The Hall–Kier alpha value is -8.86. The van der Waals surface area contributed by atoms with Gasteiger partial charge in [0.25, 0.3) is 0 Å². The fourth-order valence-electron chi connectivity index (χ4n) is 10.7. The molecule has 0 spiro atoms. The van der Waals surface area contributed by atoms with Crippen LogP contribution in [0.3, 0.4) is 0 Å². The summed E-state index contributed by atoms with van der Waals surface area (Å²) in [5, 5.41) is 12.0. The van der Waals surface area contributed by atoms with Gasteiger partial charge in [-0.25, -0.2) is 9.97 Å². The van der Waals surface area contributed by atoms with Gasteiger partial charge in [-0.2, -0.15) is 0 Å². The van der Waals surface area contributed by atoms with Crippen LogP contribution in [-0.2, 0) is 0 Å². The molecule has 306 valence electrons. The van der Waals surface area contributed by atoms with Gasteiger partial charge in [-0.1, -0.05) is 176 Å². The largest absolute Gasteiger partial charge is 0.309 e. The Morgan fingerprint density at radius 1 is 0.288 bits per heavy atom. The van der Waals surface area contributed by atoms with Crippen molar-refractivity contribution >= 4 is 87.0 Å². The van der Waals surface area contributed by atoms with Gasteiger partial charge in [0.1, 0.15) is 5.69 Å². The standard InChI is InChI=1S/C62H38N4/c1-2-16-40(17-3-1)45-33-36-55(49-22-9-8-21-48(45)49)65-54-27-13-10-23-50(54)59-47(24-14-28-57(59)65)43-32-34-56-51(38-43)60-46-20-7-6-18-41(46)31-35-58(60)66(56)62-61(63-52-25-11-12-26-53(52)64-62)44-30-29-39-15-4-5-19-42(39)37-44/h1-38H. The van der Waals surface area contributed by atoms with Crippen molar-refractivity contribution in [3.8, 4) is 45.0 Å². The van der Waals surface area contributed by atoms with Gasteiger partial charge in [-0.05, 0) is 104 Å². The molecule has 14 aromatic rings. The lowest BCUT2D eigenvalue weighted by molar-refractivity contribution is 1.08. The molecule has 0 saturated carbocycles. The van der Waals surface area contributed by atoms with Crippen LogP contribution in [0.1, 0.15) is 0 Å². The van der Waals surface area contributed by atoms with Crippen molar-refractivity contribution in [2.75, 3.05) is 0 Å². The molecule has 0 radical (unpaired) electrons. The lowest BCUT2D eigenvalue weighted by Gasteiger charge is -2.15. The number of rotatable bonds is 5. The molecular formula is C62H38N4. The van der Waals surface area contributed by atoms with Crippen molar-refractivity contribution in [2.45, 2.75) is 0 Å². The van der Waals surface area contributed by atoms with E-state index in [0.29, 0.717) is 0 Å². The maximum Gasteiger partial charge on any atom is 0.165 e. The summed E-state index contributed by atoms with van der Waals surface area (Å²) in [5.74, 6) is 0.808. The topological polar surface area (TPSA) is 35.6 Å². The van der Waals surface area contributed by atoms with Gasteiger partial charge in [0.15, 0.2) is 5.82 Å². The van der Waals surface area contributed by atoms with Crippen molar-refractivity contribution in [1.29, 1.82) is 0 Å². The van der Waals surface area contributed by atoms with E-state index in [4.69, 9.17) is 9.97 Å². The number of hydrogen-bond donors (Lipinski definition) is 0. The molecule has 0 aliphatic heterocycles. The Bertz CT molecular complexity index is 4290. The first-order chi connectivity index (χ1) is 32.7. The van der Waals surface area contributed by atoms with E-state index in [9.17, 15) is 0 Å². The van der Waals surface area contributed by atoms with Crippen LogP contribution in [-0.4, -0.2) is 19.1 Å². The van der Waals surface area contributed by atoms with Crippen LogP contribution in [0.25, 0.3) is 132 Å². The van der Waals surface area contributed by atoms with E-state index in [1.807, 2.05) is 12.1 Å². The molecule has 0 unspecified atom stereocenters. The van der Waals surface area contributed by atoms with Gasteiger partial charge in [0.05, 0.1) is 38.8 Å². The molecule has 0 N–H and O–H groups in total. The van der Waals surface area contributed by atoms with Crippen LogP contribution < -0.4 is 0 Å². The Morgan fingerprint density at radius 3 is 1.77 bits per heavy atom. The summed E-state index contributed by atoms with van der Waals surface area (Å²) in [7, 11) is 0. The van der Waals surface area contributed by atoms with Gasteiger partial charge in [0.2, 0.25) is 0 Å². The van der Waals surface area contributed by atoms with Crippen molar-refractivity contribution < 1.29 is 0 Å². The summed E-state index contributed by atoms with van der Waals surface area (Å²) in [6.07, 6.45) is 0. The monoisotopic (exact) mass is 838 g/mol. The third kappa shape index (κ3) is 5.45. The average Bonchev–Trinajstić information content (AvgIpc) is 3.91. The zero-order valence-electron chi connectivity index (χ0n) is 35.7. The van der Waals surface area contributed by atoms with Crippen LogP contribution in [0.5, 0.6) is 0 Å². The molecule has 0 atom stereocenters. The van der Waals surface area contributed by atoms with Crippen molar-refractivity contribution in [2.24, 2.45) is 0 Å². The Balaban J connectivity index is 1.03. The lowest BCUT2D eigenvalue weighted by atomic mass is 9.96. The maximum atomic E-state index is 5.48. The molecule has 11 aromatic carbocycles. The smallest absolute Gasteiger partial charge is 0.165 e. The predicted octanol–water partition coefficient (Wildman–Crippen LogP) is 16.3. The average molecular weight is 839 g/mol. The molecule has 0 saturated heterocycles. The van der Waals surface area contributed by atoms with Crippen LogP contribution >= 0.6 is 0 Å². The molecule has 0 bridgehead atoms. The van der Waals surface area contributed by atoms with E-state index in [1.54, 1.807) is 0 Å². The third-order valence-electron chi connectivity index (χ3n) is 13.7. The fraction of sp³-hybridized carbons (Fsp3) is 0. The highest BCUT2D eigenvalue weighted by Gasteiger charge is 2.23. The van der Waals surface area contributed by atoms with Crippen LogP contribution in [0, 0.1) is 0 Å². The number of hydrogen-bond acceptors (Lipinski definition) is 2. The number of aromatic nitrogens is 4. The molecule has 4 nitrogen and oxygen atoms in total. The van der Waals surface area contributed by atoms with Crippen molar-refractivity contribution in [1.82, 2.24) is 19.1 Å². The zero-order chi connectivity index (χ0) is 43.3. The molecular weight excluding hydrogens is 801 g/mol. The first-order valence-electron chi connectivity index (χ1n) is 22.6. The molecule has 3 aromatic heterocycles. The number of para-hydroxylation sites is 3. The maximum absolute atomic E-state index is 5.48. The van der Waals surface area contributed by atoms with Crippen LogP contribution in [0.4, 0.5) is 0 Å². The van der Waals surface area contributed by atoms with E-state index in [1.165, 1.54) is 81.6 Å². The molecule has 3 heterocycles.